The highest BCUT2D eigenvalue weighted by Gasteiger charge is 2.23. The van der Waals surface area contributed by atoms with Crippen molar-refractivity contribution in [2.45, 2.75) is 25.8 Å². The van der Waals surface area contributed by atoms with E-state index in [0.29, 0.717) is 6.04 Å². The van der Waals surface area contributed by atoms with Crippen LogP contribution in [0.25, 0.3) is 0 Å². The van der Waals surface area contributed by atoms with E-state index in [1.807, 2.05) is 24.3 Å². The van der Waals surface area contributed by atoms with E-state index in [1.54, 1.807) is 0 Å². The molecule has 1 heterocycles. The van der Waals surface area contributed by atoms with Crippen LogP contribution in [0, 0.1) is 3.57 Å². The third-order valence-corrected chi connectivity index (χ3v) is 4.23. The minimum absolute atomic E-state index is 0.0364. The van der Waals surface area contributed by atoms with Crippen LogP contribution in [0.5, 0.6) is 0 Å². The van der Waals surface area contributed by atoms with Crippen molar-refractivity contribution in [3.63, 3.8) is 0 Å². The molecule has 1 atom stereocenters. The second-order valence-corrected chi connectivity index (χ2v) is 5.89. The predicted octanol–water partition coefficient (Wildman–Crippen LogP) is 2.51. The highest BCUT2D eigenvalue weighted by atomic mass is 127. The molecule has 1 saturated heterocycles. The fourth-order valence-corrected chi connectivity index (χ4v) is 2.82. The number of likely N-dealkylation sites (tertiary alicyclic amines) is 1. The van der Waals surface area contributed by atoms with Crippen LogP contribution in [0.1, 0.15) is 30.1 Å². The fourth-order valence-electron chi connectivity index (χ4n) is 2.46. The Morgan fingerprint density at radius 2 is 2.17 bits per heavy atom. The first kappa shape index (κ1) is 13.8. The maximum absolute atomic E-state index is 12.0. The van der Waals surface area contributed by atoms with Crippen LogP contribution in [0.3, 0.4) is 0 Å². The van der Waals surface area contributed by atoms with E-state index in [0.717, 1.165) is 22.2 Å². The second-order valence-electron chi connectivity index (χ2n) is 4.64. The third kappa shape index (κ3) is 3.45. The molecule has 0 spiro atoms. The molecule has 0 unspecified atom stereocenters. The topological polar surface area (TPSA) is 32.3 Å². The number of nitrogens with zero attached hydrogens (tertiary/aromatic N) is 1. The molecule has 2 rings (SSSR count). The Kier molecular flexibility index (Phi) is 5.00. The first-order valence-corrected chi connectivity index (χ1v) is 7.56. The minimum Gasteiger partial charge on any atom is -0.350 e. The van der Waals surface area contributed by atoms with E-state index in [-0.39, 0.29) is 5.91 Å². The number of hydrogen-bond acceptors (Lipinski definition) is 2. The molecule has 0 radical (unpaired) electrons. The van der Waals surface area contributed by atoms with Gasteiger partial charge in [0.15, 0.2) is 0 Å². The lowest BCUT2D eigenvalue weighted by Gasteiger charge is -2.22. The van der Waals surface area contributed by atoms with Crippen LogP contribution in [0.2, 0.25) is 0 Å². The van der Waals surface area contributed by atoms with Gasteiger partial charge in [0.1, 0.15) is 0 Å². The van der Waals surface area contributed by atoms with Gasteiger partial charge in [-0.25, -0.2) is 0 Å². The van der Waals surface area contributed by atoms with Gasteiger partial charge in [0, 0.05) is 21.7 Å². The van der Waals surface area contributed by atoms with Gasteiger partial charge in [-0.05, 0) is 72.8 Å². The summed E-state index contributed by atoms with van der Waals surface area (Å²) < 4.78 is 1.15. The van der Waals surface area contributed by atoms with E-state index in [1.165, 1.54) is 19.4 Å². The Hall–Kier alpha value is -0.620. The van der Waals surface area contributed by atoms with Crippen molar-refractivity contribution in [3.8, 4) is 0 Å². The molecule has 0 aromatic heterocycles. The van der Waals surface area contributed by atoms with E-state index < -0.39 is 0 Å². The number of nitrogens with one attached hydrogen (secondary N) is 1. The number of amides is 1. The number of hydrogen-bond donors (Lipinski definition) is 1. The molecule has 3 nitrogen and oxygen atoms in total. The van der Waals surface area contributed by atoms with Crippen LogP contribution in [-0.4, -0.2) is 36.5 Å². The molecule has 4 heteroatoms. The van der Waals surface area contributed by atoms with Gasteiger partial charge in [-0.1, -0.05) is 6.92 Å². The highest BCUT2D eigenvalue weighted by molar-refractivity contribution is 14.1. The van der Waals surface area contributed by atoms with E-state index in [2.05, 4.69) is 39.7 Å². The number of carbonyl (C=O) groups excluding carboxylic acids is 1. The first-order valence-electron chi connectivity index (χ1n) is 6.48. The molecule has 18 heavy (non-hydrogen) atoms. The van der Waals surface area contributed by atoms with Gasteiger partial charge in [-0.3, -0.25) is 9.69 Å². The lowest BCUT2D eigenvalue weighted by molar-refractivity contribution is 0.0941. The molecular weight excluding hydrogens is 339 g/mol. The summed E-state index contributed by atoms with van der Waals surface area (Å²) in [6, 6.07) is 8.20. The Bertz CT molecular complexity index is 405. The van der Waals surface area contributed by atoms with Crippen LogP contribution >= 0.6 is 22.6 Å². The Balaban J connectivity index is 1.86. The van der Waals surface area contributed by atoms with Crippen molar-refractivity contribution in [2.24, 2.45) is 0 Å². The quantitative estimate of drug-likeness (QED) is 0.839. The van der Waals surface area contributed by atoms with Crippen molar-refractivity contribution in [1.29, 1.82) is 0 Å². The number of benzene rings is 1. The predicted molar refractivity (Wildman–Crippen MR) is 81.8 cm³/mol. The first-order chi connectivity index (χ1) is 8.70. The minimum atomic E-state index is 0.0364. The molecule has 1 aromatic rings. The van der Waals surface area contributed by atoms with Crippen LogP contribution in [0.15, 0.2) is 24.3 Å². The summed E-state index contributed by atoms with van der Waals surface area (Å²) in [6.45, 7) is 5.18. The molecule has 1 amide bonds. The second kappa shape index (κ2) is 6.52. The van der Waals surface area contributed by atoms with Gasteiger partial charge < -0.3 is 5.32 Å². The average molecular weight is 358 g/mol. The van der Waals surface area contributed by atoms with Gasteiger partial charge in [0.25, 0.3) is 5.91 Å². The Morgan fingerprint density at radius 1 is 1.44 bits per heavy atom. The van der Waals surface area contributed by atoms with Crippen molar-refractivity contribution in [3.05, 3.63) is 33.4 Å². The van der Waals surface area contributed by atoms with Gasteiger partial charge >= 0.3 is 0 Å². The van der Waals surface area contributed by atoms with E-state index in [4.69, 9.17) is 0 Å². The fraction of sp³-hybridized carbons (Fsp3) is 0.500. The summed E-state index contributed by atoms with van der Waals surface area (Å²) in [7, 11) is 0. The normalized spacial score (nSPS) is 20.0. The van der Waals surface area contributed by atoms with Crippen molar-refractivity contribution in [1.82, 2.24) is 10.2 Å². The monoisotopic (exact) mass is 358 g/mol. The van der Waals surface area contributed by atoms with Crippen molar-refractivity contribution >= 4 is 28.5 Å². The molecule has 1 aromatic carbocycles. The molecule has 1 aliphatic heterocycles. The zero-order chi connectivity index (χ0) is 13.0. The SMILES string of the molecule is CCN1CCC[C@H]1CNC(=O)c1ccc(I)cc1. The highest BCUT2D eigenvalue weighted by Crippen LogP contribution is 2.15. The van der Waals surface area contributed by atoms with Crippen molar-refractivity contribution in [2.75, 3.05) is 19.6 Å². The van der Waals surface area contributed by atoms with Gasteiger partial charge in [0.05, 0.1) is 0 Å². The van der Waals surface area contributed by atoms with Crippen LogP contribution in [-0.2, 0) is 0 Å². The van der Waals surface area contributed by atoms with Crippen LogP contribution < -0.4 is 5.32 Å². The maximum atomic E-state index is 12.0. The molecule has 0 aliphatic carbocycles. The smallest absolute Gasteiger partial charge is 0.251 e. The Labute approximate surface area is 122 Å². The van der Waals surface area contributed by atoms with Gasteiger partial charge in [-0.15, -0.1) is 0 Å². The summed E-state index contributed by atoms with van der Waals surface area (Å²) in [5.74, 6) is 0.0364. The Morgan fingerprint density at radius 3 is 2.83 bits per heavy atom. The summed E-state index contributed by atoms with van der Waals surface area (Å²) in [4.78, 5) is 14.4. The number of halogens is 1. The molecule has 98 valence electrons. The molecule has 0 saturated carbocycles. The van der Waals surface area contributed by atoms with Crippen molar-refractivity contribution < 1.29 is 4.79 Å². The van der Waals surface area contributed by atoms with E-state index in [9.17, 15) is 4.79 Å². The number of rotatable bonds is 4. The zero-order valence-electron chi connectivity index (χ0n) is 10.7. The molecule has 1 N–H and O–H groups in total. The lowest BCUT2D eigenvalue weighted by atomic mass is 10.2. The average Bonchev–Trinajstić information content (AvgIpc) is 2.84. The molecular formula is C14H19IN2O. The summed E-state index contributed by atoms with van der Waals surface area (Å²) in [6.07, 6.45) is 2.44. The molecule has 0 bridgehead atoms. The third-order valence-electron chi connectivity index (χ3n) is 3.51. The number of likely N-dealkylation sites (N-methyl/N-ethyl adjacent to an activating group) is 1. The van der Waals surface area contributed by atoms with Crippen LogP contribution in [0.4, 0.5) is 0 Å². The standard InChI is InChI=1S/C14H19IN2O/c1-2-17-9-3-4-13(17)10-16-14(18)11-5-7-12(15)8-6-11/h5-8,13H,2-4,9-10H2,1H3,(H,16,18)/t13-/m0/s1. The van der Waals surface area contributed by atoms with Gasteiger partial charge in [-0.2, -0.15) is 0 Å². The lowest BCUT2D eigenvalue weighted by Crippen LogP contribution is -2.40. The van der Waals surface area contributed by atoms with E-state index >= 15 is 0 Å². The summed E-state index contributed by atoms with van der Waals surface area (Å²) in [5.41, 5.74) is 0.747. The largest absolute Gasteiger partial charge is 0.350 e. The van der Waals surface area contributed by atoms with Gasteiger partial charge in [0.2, 0.25) is 0 Å². The number of carbonyl (C=O) groups is 1. The maximum Gasteiger partial charge on any atom is 0.251 e. The zero-order valence-corrected chi connectivity index (χ0v) is 12.8. The summed E-state index contributed by atoms with van der Waals surface area (Å²) >= 11 is 2.24. The molecule has 1 aliphatic rings. The molecule has 1 fully saturated rings. The summed E-state index contributed by atoms with van der Waals surface area (Å²) in [5, 5.41) is 3.04.